The highest BCUT2D eigenvalue weighted by Crippen LogP contribution is 2.23. The summed E-state index contributed by atoms with van der Waals surface area (Å²) in [6, 6.07) is 0. The molecule has 1 rings (SSSR count). The second-order valence-electron chi connectivity index (χ2n) is 9.46. The van der Waals surface area contributed by atoms with Crippen LogP contribution in [0.1, 0.15) is 123 Å². The summed E-state index contributed by atoms with van der Waals surface area (Å²) in [6.45, 7) is 4.10. The molecule has 1 heterocycles. The number of hydrogen-bond donors (Lipinski definition) is 2. The zero-order valence-electron chi connectivity index (χ0n) is 20.9. The van der Waals surface area contributed by atoms with Gasteiger partial charge in [-0.15, -0.1) is 0 Å². The topological polar surface area (TPSA) is 75.7 Å². The van der Waals surface area contributed by atoms with E-state index in [1.807, 2.05) is 13.1 Å². The van der Waals surface area contributed by atoms with Gasteiger partial charge in [-0.05, 0) is 32.1 Å². The molecule has 1 aliphatic rings. The van der Waals surface area contributed by atoms with Gasteiger partial charge in [-0.25, -0.2) is 14.3 Å². The first-order valence-electron chi connectivity index (χ1n) is 13.3. The minimum absolute atomic E-state index is 0.0255. The third kappa shape index (κ3) is 12.0. The van der Waals surface area contributed by atoms with E-state index < -0.39 is 5.97 Å². The molecule has 0 aromatic rings. The van der Waals surface area contributed by atoms with Gasteiger partial charge in [-0.3, -0.25) is 5.73 Å². The van der Waals surface area contributed by atoms with Crippen LogP contribution in [0.2, 0.25) is 0 Å². The van der Waals surface area contributed by atoms with Crippen molar-refractivity contribution in [1.82, 2.24) is 0 Å². The maximum Gasteiger partial charge on any atom is 0.360 e. The fourth-order valence-corrected chi connectivity index (χ4v) is 4.47. The Morgan fingerprint density at radius 3 is 1.94 bits per heavy atom. The van der Waals surface area contributed by atoms with Gasteiger partial charge in [-0.1, -0.05) is 89.7 Å². The Labute approximate surface area is 197 Å². The number of unbranched alkanes of at least 4 members (excludes halogenated alkanes) is 14. The molecule has 0 fully saturated rings. The monoisotopic (exact) mass is 448 g/mol. The Kier molecular flexibility index (Phi) is 16.1. The Hall–Kier alpha value is -1.46. The molecular weight excluding hydrogens is 398 g/mol. The van der Waals surface area contributed by atoms with Crippen LogP contribution in [0.4, 0.5) is 0 Å². The fraction of sp³-hybridized carbons (Fsp3) is 0.778. The molecule has 0 aromatic carbocycles. The van der Waals surface area contributed by atoms with Gasteiger partial charge < -0.3 is 5.11 Å². The number of quaternary nitrogens is 1. The van der Waals surface area contributed by atoms with Crippen molar-refractivity contribution in [2.24, 2.45) is 10.7 Å². The van der Waals surface area contributed by atoms with Crippen LogP contribution in [0.3, 0.4) is 0 Å². The molecule has 0 aliphatic carbocycles. The lowest BCUT2D eigenvalue weighted by Gasteiger charge is -2.34. The highest BCUT2D eigenvalue weighted by atomic mass is 16.4. The molecule has 2 unspecified atom stereocenters. The molecule has 0 radical (unpaired) electrons. The van der Waals surface area contributed by atoms with E-state index in [0.29, 0.717) is 0 Å². The standard InChI is InChI=1S/C27H49N3O2/c1-3-4-5-6-7-8-9-10-11-12-13-14-15-16-17-18-19-20-21-26-29-22-23-30(26,25(2)28)24-27(31)32/h8-9,22-23,25H,3-7,10-21,24,28H2,1-2H3/p+1/b9-8+. The summed E-state index contributed by atoms with van der Waals surface area (Å²) in [6.07, 6.45) is 29.7. The van der Waals surface area contributed by atoms with Gasteiger partial charge in [0.1, 0.15) is 12.4 Å². The Bertz CT molecular complexity index is 583. The average molecular weight is 449 g/mol. The predicted molar refractivity (Wildman–Crippen MR) is 136 cm³/mol. The molecule has 0 saturated carbocycles. The molecule has 32 heavy (non-hydrogen) atoms. The van der Waals surface area contributed by atoms with Gasteiger partial charge in [0.25, 0.3) is 0 Å². The van der Waals surface area contributed by atoms with Gasteiger partial charge in [0.05, 0.1) is 6.20 Å². The number of carboxylic acid groups (broad SMARTS) is 1. The third-order valence-electron chi connectivity index (χ3n) is 6.57. The number of hydrogen-bond acceptors (Lipinski definition) is 3. The molecule has 2 atom stereocenters. The lowest BCUT2D eigenvalue weighted by molar-refractivity contribution is -0.805. The van der Waals surface area contributed by atoms with Crippen molar-refractivity contribution in [2.75, 3.05) is 6.54 Å². The predicted octanol–water partition coefficient (Wildman–Crippen LogP) is 7.28. The minimum atomic E-state index is -0.837. The van der Waals surface area contributed by atoms with E-state index in [1.54, 1.807) is 6.20 Å². The van der Waals surface area contributed by atoms with E-state index in [-0.39, 0.29) is 17.2 Å². The van der Waals surface area contributed by atoms with Crippen LogP contribution < -0.4 is 5.73 Å². The van der Waals surface area contributed by atoms with Crippen LogP contribution in [0.5, 0.6) is 0 Å². The van der Waals surface area contributed by atoms with Crippen LogP contribution in [0, 0.1) is 0 Å². The number of amidine groups is 1. The van der Waals surface area contributed by atoms with Crippen LogP contribution in [-0.4, -0.2) is 34.1 Å². The summed E-state index contributed by atoms with van der Waals surface area (Å²) in [7, 11) is 0. The smallest absolute Gasteiger partial charge is 0.360 e. The summed E-state index contributed by atoms with van der Waals surface area (Å²) < 4.78 is 0.171. The zero-order valence-corrected chi connectivity index (χ0v) is 20.9. The SMILES string of the molecule is CCCCCC/C=C/CCCCCCCCCCCCC1=NC=C[N+]1(CC(=O)O)C(C)N. The molecule has 0 spiro atoms. The Morgan fingerprint density at radius 1 is 0.938 bits per heavy atom. The second kappa shape index (κ2) is 18.0. The molecule has 0 bridgehead atoms. The van der Waals surface area contributed by atoms with Crippen LogP contribution in [0.25, 0.3) is 0 Å². The first-order chi connectivity index (χ1) is 15.5. The largest absolute Gasteiger partial charge is 0.477 e. The van der Waals surface area contributed by atoms with Gasteiger partial charge in [0, 0.05) is 13.3 Å². The molecule has 0 aromatic heterocycles. The number of nitrogens with two attached hydrogens (primary N) is 1. The number of rotatable bonds is 21. The Morgan fingerprint density at radius 2 is 1.44 bits per heavy atom. The highest BCUT2D eigenvalue weighted by Gasteiger charge is 2.40. The third-order valence-corrected chi connectivity index (χ3v) is 6.57. The highest BCUT2D eigenvalue weighted by molar-refractivity contribution is 5.81. The number of carbonyl (C=O) groups is 1. The van der Waals surface area contributed by atoms with Crippen molar-refractivity contribution < 1.29 is 14.4 Å². The van der Waals surface area contributed by atoms with Crippen LogP contribution >= 0.6 is 0 Å². The number of carboxylic acids is 1. The van der Waals surface area contributed by atoms with Crippen molar-refractivity contribution in [3.05, 3.63) is 24.6 Å². The number of aliphatic carboxylic acids is 1. The lowest BCUT2D eigenvalue weighted by Crippen LogP contribution is -2.59. The summed E-state index contributed by atoms with van der Waals surface area (Å²) in [4.78, 5) is 15.7. The molecule has 0 saturated heterocycles. The fourth-order valence-electron chi connectivity index (χ4n) is 4.47. The second-order valence-corrected chi connectivity index (χ2v) is 9.46. The van der Waals surface area contributed by atoms with Gasteiger partial charge in [0.2, 0.25) is 5.84 Å². The van der Waals surface area contributed by atoms with Gasteiger partial charge >= 0.3 is 5.97 Å². The van der Waals surface area contributed by atoms with Crippen molar-refractivity contribution in [3.8, 4) is 0 Å². The quantitative estimate of drug-likeness (QED) is 0.110. The van der Waals surface area contributed by atoms with E-state index in [0.717, 1.165) is 18.7 Å². The molecule has 5 nitrogen and oxygen atoms in total. The zero-order chi connectivity index (χ0) is 23.5. The maximum absolute atomic E-state index is 11.3. The number of nitrogens with zero attached hydrogens (tertiary/aromatic N) is 2. The van der Waals surface area contributed by atoms with E-state index in [1.165, 1.54) is 96.3 Å². The Balaban J connectivity index is 1.95. The first kappa shape index (κ1) is 28.6. The van der Waals surface area contributed by atoms with E-state index in [9.17, 15) is 9.90 Å². The minimum Gasteiger partial charge on any atom is -0.477 e. The molecule has 5 heteroatoms. The van der Waals surface area contributed by atoms with E-state index >= 15 is 0 Å². The van der Waals surface area contributed by atoms with Crippen molar-refractivity contribution in [1.29, 1.82) is 0 Å². The number of aliphatic imine (C=N–C) groups is 1. The number of allylic oxidation sites excluding steroid dienone is 2. The maximum atomic E-state index is 11.3. The van der Waals surface area contributed by atoms with E-state index in [4.69, 9.17) is 5.73 Å². The summed E-state index contributed by atoms with van der Waals surface area (Å²) in [5.41, 5.74) is 6.12. The molecule has 184 valence electrons. The van der Waals surface area contributed by atoms with Gasteiger partial charge in [0.15, 0.2) is 6.54 Å². The van der Waals surface area contributed by atoms with Gasteiger partial charge in [-0.2, -0.15) is 0 Å². The average Bonchev–Trinajstić information content (AvgIpc) is 3.16. The lowest BCUT2D eigenvalue weighted by atomic mass is 10.0. The van der Waals surface area contributed by atoms with Crippen molar-refractivity contribution >= 4 is 11.8 Å². The van der Waals surface area contributed by atoms with Crippen LogP contribution in [0.15, 0.2) is 29.5 Å². The summed E-state index contributed by atoms with van der Waals surface area (Å²) in [5.74, 6) is 0.0598. The normalized spacial score (nSPS) is 19.0. The van der Waals surface area contributed by atoms with E-state index in [2.05, 4.69) is 24.1 Å². The molecule has 3 N–H and O–H groups in total. The van der Waals surface area contributed by atoms with Crippen molar-refractivity contribution in [2.45, 2.75) is 129 Å². The first-order valence-corrected chi connectivity index (χ1v) is 13.3. The van der Waals surface area contributed by atoms with Crippen LogP contribution in [-0.2, 0) is 4.79 Å². The molecular formula is C27H50N3O2+. The van der Waals surface area contributed by atoms with Crippen molar-refractivity contribution in [3.63, 3.8) is 0 Å². The summed E-state index contributed by atoms with van der Waals surface area (Å²) in [5, 5.41) is 9.27. The summed E-state index contributed by atoms with van der Waals surface area (Å²) >= 11 is 0. The molecule has 1 aliphatic heterocycles. The molecule has 0 amide bonds.